The van der Waals surface area contributed by atoms with Gasteiger partial charge in [0.05, 0.1) is 47.2 Å². The summed E-state index contributed by atoms with van der Waals surface area (Å²) in [7, 11) is 6.46. The lowest BCUT2D eigenvalue weighted by molar-refractivity contribution is 0.324. The largest absolute Gasteiger partial charge is 0.496 e. The van der Waals surface area contributed by atoms with E-state index in [2.05, 4.69) is 20.6 Å². The highest BCUT2D eigenvalue weighted by atomic mass is 16.5. The third-order valence-electron chi connectivity index (χ3n) is 4.66. The van der Waals surface area contributed by atoms with Crippen LogP contribution in [-0.4, -0.2) is 45.9 Å². The van der Waals surface area contributed by atoms with E-state index >= 15 is 0 Å². The standard InChI is InChI=1S/C22H32N4O4/c1-8-23-22(26-13-17-15(3)20(29-6)14(2)11-24-17)25-12-16-9-18(27-4)21(30-7)19(10-16)28-5/h9-11H,8,12-13H2,1-7H3,(H2,23,25,26). The average molecular weight is 417 g/mol. The van der Waals surface area contributed by atoms with Gasteiger partial charge in [-0.1, -0.05) is 0 Å². The third-order valence-corrected chi connectivity index (χ3v) is 4.66. The molecule has 1 aromatic carbocycles. The Bertz CT molecular complexity index is 859. The summed E-state index contributed by atoms with van der Waals surface area (Å²) in [6.45, 7) is 7.73. The molecule has 0 amide bonds. The number of aliphatic imine (C=N–C) groups is 1. The van der Waals surface area contributed by atoms with Crippen LogP contribution in [0.1, 0.15) is 29.3 Å². The van der Waals surface area contributed by atoms with Gasteiger partial charge in [0.2, 0.25) is 5.75 Å². The van der Waals surface area contributed by atoms with Crippen LogP contribution in [0, 0.1) is 13.8 Å². The third kappa shape index (κ3) is 5.46. The molecule has 0 saturated heterocycles. The first kappa shape index (κ1) is 23.1. The SMILES string of the molecule is CCNC(=NCc1cc(OC)c(OC)c(OC)c1)NCc1ncc(C)c(OC)c1C. The molecule has 2 aromatic rings. The summed E-state index contributed by atoms with van der Waals surface area (Å²) in [5.41, 5.74) is 3.89. The summed E-state index contributed by atoms with van der Waals surface area (Å²) in [4.78, 5) is 9.21. The molecular weight excluding hydrogens is 384 g/mol. The number of aromatic nitrogens is 1. The van der Waals surface area contributed by atoms with Gasteiger partial charge >= 0.3 is 0 Å². The Labute approximate surface area is 178 Å². The predicted octanol–water partition coefficient (Wildman–Crippen LogP) is 2.99. The van der Waals surface area contributed by atoms with Gasteiger partial charge in [-0.15, -0.1) is 0 Å². The second-order valence-electron chi connectivity index (χ2n) is 6.63. The Hall–Kier alpha value is -3.16. The fourth-order valence-corrected chi connectivity index (χ4v) is 3.16. The molecule has 2 N–H and O–H groups in total. The van der Waals surface area contributed by atoms with Crippen LogP contribution in [-0.2, 0) is 13.1 Å². The normalized spacial score (nSPS) is 11.1. The zero-order valence-electron chi connectivity index (χ0n) is 18.9. The van der Waals surface area contributed by atoms with Crippen molar-refractivity contribution in [2.45, 2.75) is 33.9 Å². The van der Waals surface area contributed by atoms with Crippen LogP contribution in [0.2, 0.25) is 0 Å². The van der Waals surface area contributed by atoms with Gasteiger partial charge in [0.15, 0.2) is 17.5 Å². The number of ether oxygens (including phenoxy) is 4. The molecule has 0 aliphatic carbocycles. The van der Waals surface area contributed by atoms with Gasteiger partial charge in [-0.3, -0.25) is 4.98 Å². The number of nitrogens with one attached hydrogen (secondary N) is 2. The highest BCUT2D eigenvalue weighted by Gasteiger charge is 2.13. The van der Waals surface area contributed by atoms with E-state index in [0.29, 0.717) is 36.3 Å². The zero-order valence-corrected chi connectivity index (χ0v) is 18.9. The van der Waals surface area contributed by atoms with Crippen LogP contribution in [0.5, 0.6) is 23.0 Å². The molecule has 0 atom stereocenters. The molecule has 30 heavy (non-hydrogen) atoms. The topological polar surface area (TPSA) is 86.2 Å². The quantitative estimate of drug-likeness (QED) is 0.480. The number of hydrogen-bond acceptors (Lipinski definition) is 6. The molecule has 1 heterocycles. The highest BCUT2D eigenvalue weighted by molar-refractivity contribution is 5.79. The first-order valence-corrected chi connectivity index (χ1v) is 9.79. The van der Waals surface area contributed by atoms with E-state index in [-0.39, 0.29) is 0 Å². The van der Waals surface area contributed by atoms with Crippen LogP contribution in [0.4, 0.5) is 0 Å². The van der Waals surface area contributed by atoms with Gasteiger partial charge in [-0.25, -0.2) is 4.99 Å². The molecule has 0 spiro atoms. The minimum Gasteiger partial charge on any atom is -0.496 e. The molecule has 164 valence electrons. The molecule has 0 fully saturated rings. The van der Waals surface area contributed by atoms with Crippen molar-refractivity contribution in [3.05, 3.63) is 40.7 Å². The lowest BCUT2D eigenvalue weighted by atomic mass is 10.1. The molecule has 0 aliphatic heterocycles. The lowest BCUT2D eigenvalue weighted by Gasteiger charge is -2.16. The number of nitrogens with zero attached hydrogens (tertiary/aromatic N) is 2. The van der Waals surface area contributed by atoms with Crippen molar-refractivity contribution in [3.8, 4) is 23.0 Å². The van der Waals surface area contributed by atoms with E-state index in [9.17, 15) is 0 Å². The molecule has 0 bridgehead atoms. The summed E-state index contributed by atoms with van der Waals surface area (Å²) < 4.78 is 21.7. The zero-order chi connectivity index (χ0) is 22.1. The molecular formula is C22H32N4O4. The highest BCUT2D eigenvalue weighted by Crippen LogP contribution is 2.38. The Balaban J connectivity index is 2.19. The van der Waals surface area contributed by atoms with E-state index in [1.165, 1.54) is 0 Å². The van der Waals surface area contributed by atoms with Crippen molar-refractivity contribution in [2.75, 3.05) is 35.0 Å². The average Bonchev–Trinajstić information content (AvgIpc) is 2.76. The van der Waals surface area contributed by atoms with Crippen molar-refractivity contribution in [1.82, 2.24) is 15.6 Å². The second kappa shape index (κ2) is 11.1. The molecule has 0 saturated carbocycles. The summed E-state index contributed by atoms with van der Waals surface area (Å²) in [6, 6.07) is 3.79. The minimum absolute atomic E-state index is 0.440. The van der Waals surface area contributed by atoms with Gasteiger partial charge in [0.1, 0.15) is 5.75 Å². The molecule has 8 heteroatoms. The number of rotatable bonds is 9. The monoisotopic (exact) mass is 416 g/mol. The molecule has 0 radical (unpaired) electrons. The maximum absolute atomic E-state index is 5.49. The number of guanidine groups is 1. The maximum Gasteiger partial charge on any atom is 0.203 e. The fourth-order valence-electron chi connectivity index (χ4n) is 3.16. The Kier molecular flexibility index (Phi) is 8.58. The fraction of sp³-hybridized carbons (Fsp3) is 0.455. The molecule has 1 aromatic heterocycles. The first-order chi connectivity index (χ1) is 14.5. The lowest BCUT2D eigenvalue weighted by Crippen LogP contribution is -2.37. The van der Waals surface area contributed by atoms with Gasteiger partial charge in [-0.05, 0) is 38.5 Å². The van der Waals surface area contributed by atoms with E-state index in [1.54, 1.807) is 28.4 Å². The number of benzene rings is 1. The van der Waals surface area contributed by atoms with E-state index in [4.69, 9.17) is 18.9 Å². The van der Waals surface area contributed by atoms with Crippen molar-refractivity contribution in [3.63, 3.8) is 0 Å². The summed E-state index contributed by atoms with van der Waals surface area (Å²) in [6.07, 6.45) is 1.82. The van der Waals surface area contributed by atoms with Crippen LogP contribution < -0.4 is 29.6 Å². The Morgan fingerprint density at radius 3 is 2.10 bits per heavy atom. The maximum atomic E-state index is 5.49. The van der Waals surface area contributed by atoms with Crippen molar-refractivity contribution in [1.29, 1.82) is 0 Å². The van der Waals surface area contributed by atoms with Crippen molar-refractivity contribution >= 4 is 5.96 Å². The number of aryl methyl sites for hydroxylation is 1. The Morgan fingerprint density at radius 1 is 0.933 bits per heavy atom. The number of pyridine rings is 1. The number of methoxy groups -OCH3 is 4. The number of hydrogen-bond donors (Lipinski definition) is 2. The van der Waals surface area contributed by atoms with Crippen LogP contribution in [0.3, 0.4) is 0 Å². The summed E-state index contributed by atoms with van der Waals surface area (Å²) in [5, 5.41) is 6.59. The minimum atomic E-state index is 0.440. The van der Waals surface area contributed by atoms with Gasteiger partial charge in [-0.2, -0.15) is 0 Å². The Morgan fingerprint density at radius 2 is 1.57 bits per heavy atom. The summed E-state index contributed by atoms with van der Waals surface area (Å²) >= 11 is 0. The smallest absolute Gasteiger partial charge is 0.203 e. The molecule has 0 unspecified atom stereocenters. The van der Waals surface area contributed by atoms with Gasteiger partial charge in [0, 0.05) is 23.9 Å². The van der Waals surface area contributed by atoms with E-state index in [1.807, 2.05) is 39.1 Å². The molecule has 8 nitrogen and oxygen atoms in total. The van der Waals surface area contributed by atoms with Gasteiger partial charge in [0.25, 0.3) is 0 Å². The van der Waals surface area contributed by atoms with Crippen LogP contribution in [0.15, 0.2) is 23.3 Å². The van der Waals surface area contributed by atoms with Crippen molar-refractivity contribution in [2.24, 2.45) is 4.99 Å². The predicted molar refractivity (Wildman–Crippen MR) is 118 cm³/mol. The van der Waals surface area contributed by atoms with E-state index < -0.39 is 0 Å². The van der Waals surface area contributed by atoms with Crippen molar-refractivity contribution < 1.29 is 18.9 Å². The summed E-state index contributed by atoms with van der Waals surface area (Å²) in [5.74, 6) is 3.32. The first-order valence-electron chi connectivity index (χ1n) is 9.79. The second-order valence-corrected chi connectivity index (χ2v) is 6.63. The van der Waals surface area contributed by atoms with Gasteiger partial charge < -0.3 is 29.6 Å². The molecule has 2 rings (SSSR count). The van der Waals surface area contributed by atoms with Crippen LogP contribution in [0.25, 0.3) is 0 Å². The molecule has 0 aliphatic rings. The van der Waals surface area contributed by atoms with E-state index in [0.717, 1.165) is 34.7 Å². The van der Waals surface area contributed by atoms with Crippen LogP contribution >= 0.6 is 0 Å².